The summed E-state index contributed by atoms with van der Waals surface area (Å²) < 4.78 is 47.9. The molecule has 1 saturated heterocycles. The van der Waals surface area contributed by atoms with Crippen LogP contribution in [0.2, 0.25) is 0 Å². The molecule has 1 aliphatic heterocycles. The maximum Gasteiger partial charge on any atom is 0.198 e. The minimum atomic E-state index is -3.73. The van der Waals surface area contributed by atoms with Crippen LogP contribution in [-0.4, -0.2) is 27.8 Å². The van der Waals surface area contributed by atoms with Gasteiger partial charge in [0.15, 0.2) is 23.8 Å². The number of rotatable bonds is 2. The topological polar surface area (TPSA) is 68.3 Å². The second kappa shape index (κ2) is 4.06. The normalized spacial score (nSPS) is 33.3. The molecule has 18 heavy (non-hydrogen) atoms. The Kier molecular flexibility index (Phi) is 3.06. The molecule has 4 nitrogen and oxygen atoms in total. The van der Waals surface area contributed by atoms with E-state index < -0.39 is 29.0 Å². The van der Waals surface area contributed by atoms with Crippen molar-refractivity contribution >= 4 is 19.7 Å². The second-order valence-corrected chi connectivity index (χ2v) is 9.72. The molecule has 2 atom stereocenters. The van der Waals surface area contributed by atoms with Crippen LogP contribution < -0.4 is 0 Å². The second-order valence-electron chi connectivity index (χ2n) is 4.61. The molecule has 0 saturated carbocycles. The van der Waals surface area contributed by atoms with E-state index in [4.69, 9.17) is 0 Å². The molecule has 1 aromatic carbocycles. The van der Waals surface area contributed by atoms with Crippen molar-refractivity contribution < 1.29 is 16.8 Å². The van der Waals surface area contributed by atoms with Crippen LogP contribution in [0, 0.1) is 0 Å². The van der Waals surface area contributed by atoms with Crippen LogP contribution in [-0.2, 0) is 23.8 Å². The highest BCUT2D eigenvalue weighted by Crippen LogP contribution is 2.47. The monoisotopic (exact) mass is 288 g/mol. The van der Waals surface area contributed by atoms with Crippen LogP contribution >= 0.6 is 0 Å². The van der Waals surface area contributed by atoms with E-state index in [2.05, 4.69) is 0 Å². The standard InChI is InChI=1S/C12H16O4S2/c1-3-12(11-7-5-4-6-8-11)17(13,14)9-10(2)18(12,15)16/h4-8,10H,3,9H2,1-2H3. The molecule has 0 radical (unpaired) electrons. The molecule has 1 aliphatic rings. The van der Waals surface area contributed by atoms with Crippen molar-refractivity contribution in [2.45, 2.75) is 29.6 Å². The SMILES string of the molecule is CCC1(c2ccccc2)S(=O)(=O)CC(C)S1(=O)=O. The smallest absolute Gasteiger partial charge is 0.198 e. The molecular formula is C12H16O4S2. The fourth-order valence-electron chi connectivity index (χ4n) is 2.70. The average molecular weight is 288 g/mol. The molecule has 0 aliphatic carbocycles. The Hall–Kier alpha value is -0.880. The third kappa shape index (κ3) is 1.48. The van der Waals surface area contributed by atoms with Crippen molar-refractivity contribution in [3.8, 4) is 0 Å². The lowest BCUT2D eigenvalue weighted by Crippen LogP contribution is -2.38. The molecule has 1 aromatic rings. The predicted molar refractivity (Wildman–Crippen MR) is 70.6 cm³/mol. The number of sulfone groups is 2. The van der Waals surface area contributed by atoms with Crippen LogP contribution in [0.15, 0.2) is 30.3 Å². The lowest BCUT2D eigenvalue weighted by atomic mass is 10.1. The Labute approximate surface area is 108 Å². The summed E-state index contributed by atoms with van der Waals surface area (Å²) in [6.45, 7) is 3.08. The van der Waals surface area contributed by atoms with Gasteiger partial charge in [0, 0.05) is 0 Å². The van der Waals surface area contributed by atoms with Gasteiger partial charge < -0.3 is 0 Å². The van der Waals surface area contributed by atoms with Crippen molar-refractivity contribution in [3.05, 3.63) is 35.9 Å². The summed E-state index contributed by atoms with van der Waals surface area (Å²) in [7, 11) is -7.42. The zero-order valence-electron chi connectivity index (χ0n) is 10.3. The zero-order chi connectivity index (χ0) is 13.6. The van der Waals surface area contributed by atoms with E-state index in [9.17, 15) is 16.8 Å². The van der Waals surface area contributed by atoms with Gasteiger partial charge in [-0.05, 0) is 18.9 Å². The lowest BCUT2D eigenvalue weighted by molar-refractivity contribution is 0.548. The Balaban J connectivity index is 2.85. The third-order valence-electron chi connectivity index (χ3n) is 3.62. The first-order valence-electron chi connectivity index (χ1n) is 5.81. The van der Waals surface area contributed by atoms with Gasteiger partial charge in [0.2, 0.25) is 0 Å². The highest BCUT2D eigenvalue weighted by Gasteiger charge is 2.62. The summed E-state index contributed by atoms with van der Waals surface area (Å²) in [5.41, 5.74) is 0.358. The van der Waals surface area contributed by atoms with Gasteiger partial charge in [0.25, 0.3) is 0 Å². The third-order valence-corrected chi connectivity index (χ3v) is 10.4. The quantitative estimate of drug-likeness (QED) is 0.826. The molecule has 1 heterocycles. The van der Waals surface area contributed by atoms with E-state index in [1.807, 2.05) is 0 Å². The largest absolute Gasteiger partial charge is 0.227 e. The van der Waals surface area contributed by atoms with Crippen molar-refractivity contribution in [1.29, 1.82) is 0 Å². The highest BCUT2D eigenvalue weighted by atomic mass is 32.3. The summed E-state index contributed by atoms with van der Waals surface area (Å²) in [4.78, 5) is 0. The van der Waals surface area contributed by atoms with Gasteiger partial charge in [0.05, 0.1) is 11.0 Å². The molecule has 2 unspecified atom stereocenters. The predicted octanol–water partition coefficient (Wildman–Crippen LogP) is 1.48. The van der Waals surface area contributed by atoms with E-state index in [0.717, 1.165) is 0 Å². The minimum absolute atomic E-state index is 0.0476. The van der Waals surface area contributed by atoms with Crippen LogP contribution in [0.5, 0.6) is 0 Å². The van der Waals surface area contributed by atoms with Crippen LogP contribution in [0.25, 0.3) is 0 Å². The molecular weight excluding hydrogens is 272 g/mol. The van der Waals surface area contributed by atoms with Crippen LogP contribution in [0.1, 0.15) is 25.8 Å². The number of benzene rings is 1. The van der Waals surface area contributed by atoms with E-state index in [1.54, 1.807) is 37.3 Å². The maximum absolute atomic E-state index is 12.5. The first-order chi connectivity index (χ1) is 8.29. The van der Waals surface area contributed by atoms with Gasteiger partial charge in [-0.1, -0.05) is 37.3 Å². The van der Waals surface area contributed by atoms with Crippen LogP contribution in [0.3, 0.4) is 0 Å². The number of hydrogen-bond acceptors (Lipinski definition) is 4. The fourth-order valence-corrected chi connectivity index (χ4v) is 9.40. The Morgan fingerprint density at radius 1 is 1.17 bits per heavy atom. The van der Waals surface area contributed by atoms with Crippen molar-refractivity contribution in [3.63, 3.8) is 0 Å². The van der Waals surface area contributed by atoms with E-state index in [-0.39, 0.29) is 12.2 Å². The van der Waals surface area contributed by atoms with Crippen molar-refractivity contribution in [1.82, 2.24) is 0 Å². The van der Waals surface area contributed by atoms with Gasteiger partial charge in [-0.15, -0.1) is 0 Å². The van der Waals surface area contributed by atoms with E-state index in [1.165, 1.54) is 6.92 Å². The molecule has 0 bridgehead atoms. The van der Waals surface area contributed by atoms with Crippen molar-refractivity contribution in [2.75, 3.05) is 5.75 Å². The van der Waals surface area contributed by atoms with E-state index >= 15 is 0 Å². The first-order valence-corrected chi connectivity index (χ1v) is 9.00. The molecule has 0 amide bonds. The first kappa shape index (κ1) is 13.5. The summed E-state index contributed by atoms with van der Waals surface area (Å²) in [5, 5.41) is -0.845. The van der Waals surface area contributed by atoms with Gasteiger partial charge >= 0.3 is 0 Å². The molecule has 0 aromatic heterocycles. The average Bonchev–Trinajstić information content (AvgIpc) is 2.43. The fraction of sp³-hybridized carbons (Fsp3) is 0.500. The molecule has 0 N–H and O–H groups in total. The molecule has 2 rings (SSSR count). The van der Waals surface area contributed by atoms with Crippen molar-refractivity contribution in [2.24, 2.45) is 0 Å². The summed E-state index contributed by atoms with van der Waals surface area (Å²) in [6, 6.07) is 8.24. The summed E-state index contributed by atoms with van der Waals surface area (Å²) in [5.74, 6) is -0.294. The molecule has 0 spiro atoms. The zero-order valence-corrected chi connectivity index (χ0v) is 12.0. The van der Waals surface area contributed by atoms with Gasteiger partial charge in [-0.3, -0.25) is 0 Å². The van der Waals surface area contributed by atoms with Crippen LogP contribution in [0.4, 0.5) is 0 Å². The minimum Gasteiger partial charge on any atom is -0.227 e. The highest BCUT2D eigenvalue weighted by molar-refractivity contribution is 8.13. The Morgan fingerprint density at radius 2 is 1.72 bits per heavy atom. The Bertz CT molecular complexity index is 647. The molecule has 100 valence electrons. The Morgan fingerprint density at radius 3 is 2.11 bits per heavy atom. The number of hydrogen-bond donors (Lipinski definition) is 0. The maximum atomic E-state index is 12.5. The van der Waals surface area contributed by atoms with Gasteiger partial charge in [-0.2, -0.15) is 0 Å². The molecule has 6 heteroatoms. The molecule has 1 fully saturated rings. The van der Waals surface area contributed by atoms with Gasteiger partial charge in [0.1, 0.15) is 0 Å². The van der Waals surface area contributed by atoms with Gasteiger partial charge in [-0.25, -0.2) is 16.8 Å². The van der Waals surface area contributed by atoms with E-state index in [0.29, 0.717) is 5.56 Å². The summed E-state index contributed by atoms with van der Waals surface area (Å²) in [6.07, 6.45) is 0.0476. The lowest BCUT2D eigenvalue weighted by Gasteiger charge is -2.26. The summed E-state index contributed by atoms with van der Waals surface area (Å²) >= 11 is 0.